The van der Waals surface area contributed by atoms with E-state index in [2.05, 4.69) is 13.0 Å². The molecule has 1 aliphatic rings. The van der Waals surface area contributed by atoms with Crippen LogP contribution in [0.2, 0.25) is 0 Å². The maximum Gasteiger partial charge on any atom is 0.119 e. The topological polar surface area (TPSA) is 55.5 Å². The van der Waals surface area contributed by atoms with Crippen molar-refractivity contribution in [3.05, 3.63) is 35.2 Å². The van der Waals surface area contributed by atoms with E-state index in [1.54, 1.807) is 7.11 Å². The van der Waals surface area contributed by atoms with Crippen LogP contribution in [0.15, 0.2) is 18.2 Å². The summed E-state index contributed by atoms with van der Waals surface area (Å²) in [4.78, 5) is 0. The van der Waals surface area contributed by atoms with Crippen molar-refractivity contribution in [1.29, 1.82) is 0 Å². The minimum atomic E-state index is 0. The van der Waals surface area contributed by atoms with E-state index in [0.29, 0.717) is 11.8 Å². The Bertz CT molecular complexity index is 411. The Balaban J connectivity index is 0.00000180. The van der Waals surface area contributed by atoms with Gasteiger partial charge in [0.25, 0.3) is 0 Å². The standard InChI is InChI=1S/C15H22NO2.W/c1-10-13(4-3-7-16)15(10)14-6-5-12(18-2)8-11(14)9-17;/h5-6,8,13,15,17H,3-4,7,9,16H2,1-2H3;/q-1;. The predicted molar refractivity (Wildman–Crippen MR) is 72.4 cm³/mol. The number of rotatable bonds is 6. The maximum absolute atomic E-state index is 9.48. The van der Waals surface area contributed by atoms with E-state index in [0.717, 1.165) is 30.7 Å². The van der Waals surface area contributed by atoms with Crippen LogP contribution < -0.4 is 10.5 Å². The molecule has 1 aliphatic carbocycles. The molecule has 0 amide bonds. The van der Waals surface area contributed by atoms with Crippen molar-refractivity contribution in [1.82, 2.24) is 0 Å². The molecule has 2 unspecified atom stereocenters. The largest absolute Gasteiger partial charge is 0.497 e. The summed E-state index contributed by atoms with van der Waals surface area (Å²) in [6.07, 6.45) is 2.23. The third-order valence-electron chi connectivity index (χ3n) is 3.94. The van der Waals surface area contributed by atoms with Gasteiger partial charge in [0.1, 0.15) is 5.75 Å². The summed E-state index contributed by atoms with van der Waals surface area (Å²) in [5.74, 6) is 3.47. The van der Waals surface area contributed by atoms with E-state index < -0.39 is 0 Å². The molecule has 3 N–H and O–H groups in total. The molecule has 106 valence electrons. The summed E-state index contributed by atoms with van der Waals surface area (Å²) in [7, 11) is 1.65. The van der Waals surface area contributed by atoms with Crippen LogP contribution in [0.3, 0.4) is 0 Å². The summed E-state index contributed by atoms with van der Waals surface area (Å²) < 4.78 is 5.20. The summed E-state index contributed by atoms with van der Waals surface area (Å²) in [6, 6.07) is 5.99. The first-order chi connectivity index (χ1) is 8.72. The number of nitrogens with two attached hydrogens (primary N) is 1. The average Bonchev–Trinajstić information content (AvgIpc) is 3.05. The molecule has 1 saturated carbocycles. The molecule has 0 heterocycles. The minimum Gasteiger partial charge on any atom is -0.497 e. The van der Waals surface area contributed by atoms with Crippen molar-refractivity contribution in [2.45, 2.75) is 32.3 Å². The van der Waals surface area contributed by atoms with Gasteiger partial charge >= 0.3 is 0 Å². The van der Waals surface area contributed by atoms with Crippen LogP contribution in [0, 0.1) is 11.8 Å². The first-order valence-corrected chi connectivity index (χ1v) is 6.54. The average molecular weight is 432 g/mol. The Labute approximate surface area is 129 Å². The molecule has 0 aliphatic heterocycles. The van der Waals surface area contributed by atoms with Gasteiger partial charge in [-0.15, -0.1) is 0 Å². The fourth-order valence-corrected chi connectivity index (χ4v) is 2.80. The fourth-order valence-electron chi connectivity index (χ4n) is 2.80. The summed E-state index contributed by atoms with van der Waals surface area (Å²) >= 11 is 0. The van der Waals surface area contributed by atoms with E-state index >= 15 is 0 Å². The third-order valence-corrected chi connectivity index (χ3v) is 3.94. The van der Waals surface area contributed by atoms with Crippen LogP contribution in [0.1, 0.15) is 36.8 Å². The van der Waals surface area contributed by atoms with Crippen molar-refractivity contribution >= 4 is 0 Å². The van der Waals surface area contributed by atoms with E-state index in [1.807, 2.05) is 12.1 Å². The van der Waals surface area contributed by atoms with Crippen molar-refractivity contribution < 1.29 is 30.9 Å². The molecular formula is C15H22NO2W-. The van der Waals surface area contributed by atoms with Gasteiger partial charge in [-0.05, 0) is 30.7 Å². The molecule has 0 aromatic heterocycles. The third kappa shape index (κ3) is 3.59. The molecule has 0 radical (unpaired) electrons. The first kappa shape index (κ1) is 16.7. The summed E-state index contributed by atoms with van der Waals surface area (Å²) in [5, 5.41) is 9.48. The van der Waals surface area contributed by atoms with Crippen molar-refractivity contribution in [3.8, 4) is 5.75 Å². The zero-order chi connectivity index (χ0) is 13.1. The Kier molecular flexibility index (Phi) is 6.52. The van der Waals surface area contributed by atoms with Crippen LogP contribution in [0.25, 0.3) is 0 Å². The molecule has 1 fully saturated rings. The zero-order valence-electron chi connectivity index (χ0n) is 11.6. The van der Waals surface area contributed by atoms with Crippen molar-refractivity contribution in [3.63, 3.8) is 0 Å². The molecule has 3 nitrogen and oxygen atoms in total. The molecule has 0 saturated heterocycles. The quantitative estimate of drug-likeness (QED) is 0.679. The molecule has 19 heavy (non-hydrogen) atoms. The first-order valence-electron chi connectivity index (χ1n) is 6.54. The Hall–Kier alpha value is -0.372. The Morgan fingerprint density at radius 3 is 2.74 bits per heavy atom. The number of aliphatic hydroxyl groups is 1. The van der Waals surface area contributed by atoms with Gasteiger partial charge in [0.15, 0.2) is 0 Å². The molecule has 4 heteroatoms. The Morgan fingerprint density at radius 2 is 2.16 bits per heavy atom. The van der Waals surface area contributed by atoms with E-state index in [4.69, 9.17) is 10.5 Å². The maximum atomic E-state index is 9.48. The van der Waals surface area contributed by atoms with Crippen LogP contribution in [-0.2, 0) is 27.7 Å². The van der Waals surface area contributed by atoms with Gasteiger partial charge in [-0.2, -0.15) is 18.8 Å². The van der Waals surface area contributed by atoms with Gasteiger partial charge in [0.05, 0.1) is 13.7 Å². The van der Waals surface area contributed by atoms with Crippen LogP contribution in [0.4, 0.5) is 0 Å². The smallest absolute Gasteiger partial charge is 0.119 e. The molecular weight excluding hydrogens is 410 g/mol. The number of hydrogen-bond acceptors (Lipinski definition) is 3. The second-order valence-corrected chi connectivity index (χ2v) is 4.98. The minimum absolute atomic E-state index is 0. The molecule has 2 rings (SSSR count). The molecule has 2 atom stereocenters. The van der Waals surface area contributed by atoms with Crippen molar-refractivity contribution in [2.75, 3.05) is 13.7 Å². The predicted octanol–water partition coefficient (Wildman–Crippen LogP) is 2.23. The number of methoxy groups -OCH3 is 1. The van der Waals surface area contributed by atoms with Crippen LogP contribution >= 0.6 is 0 Å². The zero-order valence-corrected chi connectivity index (χ0v) is 14.5. The number of ether oxygens (including phenoxy) is 1. The van der Waals surface area contributed by atoms with Crippen LogP contribution in [0.5, 0.6) is 5.75 Å². The van der Waals surface area contributed by atoms with Gasteiger partial charge in [-0.25, -0.2) is 0 Å². The van der Waals surface area contributed by atoms with Gasteiger partial charge in [-0.1, -0.05) is 18.1 Å². The SMILES string of the molecule is COc1ccc(C2[C-](C)C2CCCN)c(CO)c1.[W]. The monoisotopic (exact) mass is 432 g/mol. The summed E-state index contributed by atoms with van der Waals surface area (Å²) in [6.45, 7) is 3.03. The van der Waals surface area contributed by atoms with Gasteiger partial charge in [0, 0.05) is 21.1 Å². The second-order valence-electron chi connectivity index (χ2n) is 4.98. The van der Waals surface area contributed by atoms with E-state index in [9.17, 15) is 5.11 Å². The number of aliphatic hydroxyl groups excluding tert-OH is 1. The van der Waals surface area contributed by atoms with Gasteiger partial charge in [0.2, 0.25) is 0 Å². The fraction of sp³-hybridized carbons (Fsp3) is 0.533. The molecule has 1 aromatic rings. The van der Waals surface area contributed by atoms with E-state index in [-0.39, 0.29) is 27.7 Å². The molecule has 0 bridgehead atoms. The van der Waals surface area contributed by atoms with Gasteiger partial charge < -0.3 is 21.5 Å². The van der Waals surface area contributed by atoms with Crippen LogP contribution in [-0.4, -0.2) is 18.8 Å². The second kappa shape index (κ2) is 7.42. The Morgan fingerprint density at radius 1 is 1.42 bits per heavy atom. The number of benzene rings is 1. The summed E-state index contributed by atoms with van der Waals surface area (Å²) in [5.41, 5.74) is 7.79. The molecule has 1 aromatic carbocycles. The molecule has 0 spiro atoms. The van der Waals surface area contributed by atoms with E-state index in [1.165, 1.54) is 11.5 Å². The van der Waals surface area contributed by atoms with Gasteiger partial charge in [-0.3, -0.25) is 0 Å². The van der Waals surface area contributed by atoms with Crippen molar-refractivity contribution in [2.24, 2.45) is 11.7 Å². The number of hydrogen-bond donors (Lipinski definition) is 2. The normalized spacial score (nSPS) is 21.9.